The van der Waals surface area contributed by atoms with E-state index in [4.69, 9.17) is 0 Å². The van der Waals surface area contributed by atoms with Gasteiger partial charge in [-0.25, -0.2) is 0 Å². The largest absolute Gasteiger partial charge is 0.317 e. The highest BCUT2D eigenvalue weighted by atomic mass is 15.2. The maximum atomic E-state index is 4.26. The third kappa shape index (κ3) is 4.02. The van der Waals surface area contributed by atoms with Gasteiger partial charge in [-0.3, -0.25) is 9.88 Å². The Bertz CT molecular complexity index is 367. The fraction of sp³-hybridized carbons (Fsp3) is 0.688. The van der Waals surface area contributed by atoms with Crippen LogP contribution in [0.3, 0.4) is 0 Å². The predicted octanol–water partition coefficient (Wildman–Crippen LogP) is 2.44. The third-order valence-electron chi connectivity index (χ3n) is 4.36. The van der Waals surface area contributed by atoms with Crippen molar-refractivity contribution in [3.05, 3.63) is 30.1 Å². The Morgan fingerprint density at radius 2 is 2.16 bits per heavy atom. The molecule has 3 nitrogen and oxygen atoms in total. The molecule has 3 heteroatoms. The molecule has 1 saturated carbocycles. The number of nitrogens with one attached hydrogen (secondary N) is 1. The lowest BCUT2D eigenvalue weighted by Gasteiger charge is -2.31. The van der Waals surface area contributed by atoms with Crippen LogP contribution >= 0.6 is 0 Å². The molecule has 1 aliphatic carbocycles. The van der Waals surface area contributed by atoms with Gasteiger partial charge in [0, 0.05) is 31.5 Å². The van der Waals surface area contributed by atoms with E-state index in [1.54, 1.807) is 0 Å². The van der Waals surface area contributed by atoms with E-state index < -0.39 is 0 Å². The average Bonchev–Trinajstić information content (AvgIpc) is 3.26. The Labute approximate surface area is 116 Å². The zero-order valence-electron chi connectivity index (χ0n) is 11.7. The maximum absolute atomic E-state index is 4.26. The van der Waals surface area contributed by atoms with Crippen LogP contribution in [-0.2, 0) is 6.54 Å². The molecule has 1 saturated heterocycles. The van der Waals surface area contributed by atoms with Crippen LogP contribution in [0.5, 0.6) is 0 Å². The molecule has 3 rings (SSSR count). The summed E-state index contributed by atoms with van der Waals surface area (Å²) in [6.07, 6.45) is 10.7. The molecule has 1 aliphatic heterocycles. The minimum Gasteiger partial charge on any atom is -0.317 e. The van der Waals surface area contributed by atoms with Crippen LogP contribution in [0.25, 0.3) is 0 Å². The average molecular weight is 259 g/mol. The van der Waals surface area contributed by atoms with Crippen molar-refractivity contribution in [2.24, 2.45) is 5.92 Å². The van der Waals surface area contributed by atoms with Crippen molar-refractivity contribution in [3.8, 4) is 0 Å². The molecule has 1 aromatic heterocycles. The van der Waals surface area contributed by atoms with Gasteiger partial charge in [0.1, 0.15) is 0 Å². The van der Waals surface area contributed by atoms with Crippen LogP contribution in [0.15, 0.2) is 24.5 Å². The number of hydrogen-bond acceptors (Lipinski definition) is 3. The predicted molar refractivity (Wildman–Crippen MR) is 77.9 cm³/mol. The summed E-state index contributed by atoms with van der Waals surface area (Å²) in [6.45, 7) is 4.74. The molecule has 0 amide bonds. The molecule has 1 unspecified atom stereocenters. The second kappa shape index (κ2) is 6.49. The Morgan fingerprint density at radius 3 is 2.95 bits per heavy atom. The summed E-state index contributed by atoms with van der Waals surface area (Å²) in [6, 6.07) is 5.03. The smallest absolute Gasteiger partial charge is 0.0312 e. The number of hydrogen-bond donors (Lipinski definition) is 1. The van der Waals surface area contributed by atoms with Gasteiger partial charge >= 0.3 is 0 Å². The van der Waals surface area contributed by atoms with Crippen LogP contribution in [0.4, 0.5) is 0 Å². The van der Waals surface area contributed by atoms with Gasteiger partial charge in [-0.15, -0.1) is 0 Å². The van der Waals surface area contributed by atoms with Crippen molar-refractivity contribution >= 4 is 0 Å². The first-order chi connectivity index (χ1) is 9.42. The molecule has 104 valence electrons. The Kier molecular flexibility index (Phi) is 4.46. The van der Waals surface area contributed by atoms with E-state index in [0.29, 0.717) is 0 Å². The molecule has 1 atom stereocenters. The second-order valence-corrected chi connectivity index (χ2v) is 6.07. The zero-order chi connectivity index (χ0) is 12.9. The van der Waals surface area contributed by atoms with E-state index >= 15 is 0 Å². The van der Waals surface area contributed by atoms with Crippen molar-refractivity contribution in [1.82, 2.24) is 15.2 Å². The zero-order valence-corrected chi connectivity index (χ0v) is 11.7. The molecule has 1 aromatic rings. The minimum atomic E-state index is 0.760. The van der Waals surface area contributed by atoms with Crippen LogP contribution in [0.2, 0.25) is 0 Å². The van der Waals surface area contributed by atoms with E-state index in [1.165, 1.54) is 57.3 Å². The first-order valence-corrected chi connectivity index (χ1v) is 7.75. The molecule has 0 aromatic carbocycles. The minimum absolute atomic E-state index is 0.760. The highest BCUT2D eigenvalue weighted by Crippen LogP contribution is 2.31. The van der Waals surface area contributed by atoms with Gasteiger partial charge in [-0.1, -0.05) is 6.07 Å². The molecular formula is C16H25N3. The lowest BCUT2D eigenvalue weighted by atomic mass is 10.1. The maximum Gasteiger partial charge on any atom is 0.0312 e. The van der Waals surface area contributed by atoms with E-state index in [1.807, 2.05) is 12.4 Å². The van der Waals surface area contributed by atoms with Crippen LogP contribution in [0, 0.1) is 5.92 Å². The van der Waals surface area contributed by atoms with E-state index in [2.05, 4.69) is 27.3 Å². The quantitative estimate of drug-likeness (QED) is 0.880. The summed E-state index contributed by atoms with van der Waals surface area (Å²) in [5.74, 6) is 0.966. The molecule has 2 aliphatic rings. The normalized spacial score (nSPS) is 24.4. The first kappa shape index (κ1) is 13.1. The van der Waals surface area contributed by atoms with Crippen molar-refractivity contribution < 1.29 is 0 Å². The van der Waals surface area contributed by atoms with Gasteiger partial charge in [0.2, 0.25) is 0 Å². The number of nitrogens with zero attached hydrogens (tertiary/aromatic N) is 2. The first-order valence-electron chi connectivity index (χ1n) is 7.75. The molecule has 19 heavy (non-hydrogen) atoms. The molecule has 0 radical (unpaired) electrons. The Hall–Kier alpha value is -0.930. The van der Waals surface area contributed by atoms with Crippen LogP contribution < -0.4 is 5.32 Å². The number of pyridine rings is 1. The lowest BCUT2D eigenvalue weighted by molar-refractivity contribution is 0.165. The van der Waals surface area contributed by atoms with Gasteiger partial charge in [-0.05, 0) is 62.7 Å². The molecular weight excluding hydrogens is 234 g/mol. The third-order valence-corrected chi connectivity index (χ3v) is 4.36. The van der Waals surface area contributed by atoms with Crippen molar-refractivity contribution in [1.29, 1.82) is 0 Å². The monoisotopic (exact) mass is 259 g/mol. The highest BCUT2D eigenvalue weighted by Gasteiger charge is 2.28. The topological polar surface area (TPSA) is 28.2 Å². The van der Waals surface area contributed by atoms with Gasteiger partial charge in [-0.2, -0.15) is 0 Å². The summed E-state index contributed by atoms with van der Waals surface area (Å²) in [4.78, 5) is 6.98. The number of rotatable bonds is 5. The van der Waals surface area contributed by atoms with Gasteiger partial charge < -0.3 is 5.32 Å². The van der Waals surface area contributed by atoms with E-state index in [0.717, 1.165) is 18.5 Å². The van der Waals surface area contributed by atoms with Gasteiger partial charge in [0.05, 0.1) is 0 Å². The van der Waals surface area contributed by atoms with Crippen molar-refractivity contribution in [3.63, 3.8) is 0 Å². The highest BCUT2D eigenvalue weighted by molar-refractivity contribution is 5.08. The van der Waals surface area contributed by atoms with Crippen molar-refractivity contribution in [2.45, 2.75) is 44.7 Å². The number of aromatic nitrogens is 1. The second-order valence-electron chi connectivity index (χ2n) is 6.07. The Balaban J connectivity index is 1.65. The Morgan fingerprint density at radius 1 is 1.21 bits per heavy atom. The molecule has 2 heterocycles. The van der Waals surface area contributed by atoms with Gasteiger partial charge in [0.25, 0.3) is 0 Å². The van der Waals surface area contributed by atoms with Gasteiger partial charge in [0.15, 0.2) is 0 Å². The fourth-order valence-corrected chi connectivity index (χ4v) is 3.07. The molecule has 1 N–H and O–H groups in total. The SMILES string of the molecule is c1cncc(CN(CC2CC2)C2CCCNCC2)c1. The summed E-state index contributed by atoms with van der Waals surface area (Å²) in [5, 5.41) is 3.53. The fourth-order valence-electron chi connectivity index (χ4n) is 3.07. The summed E-state index contributed by atoms with van der Waals surface area (Å²) in [5.41, 5.74) is 1.36. The van der Waals surface area contributed by atoms with Crippen LogP contribution in [-0.4, -0.2) is 35.6 Å². The van der Waals surface area contributed by atoms with Crippen molar-refractivity contribution in [2.75, 3.05) is 19.6 Å². The summed E-state index contributed by atoms with van der Waals surface area (Å²) in [7, 11) is 0. The molecule has 2 fully saturated rings. The standard InChI is InChI=1S/C16H25N3/c1-3-15(11-18-9-1)13-19(12-14-5-6-14)16-4-2-8-17-10-7-16/h1,3,9,11,14,16-17H,2,4-8,10,12-13H2. The van der Waals surface area contributed by atoms with E-state index in [-0.39, 0.29) is 0 Å². The molecule has 0 spiro atoms. The van der Waals surface area contributed by atoms with E-state index in [9.17, 15) is 0 Å². The molecule has 0 bridgehead atoms. The summed E-state index contributed by atoms with van der Waals surface area (Å²) >= 11 is 0. The van der Waals surface area contributed by atoms with Crippen LogP contribution in [0.1, 0.15) is 37.7 Å². The lowest BCUT2D eigenvalue weighted by Crippen LogP contribution is -2.37. The summed E-state index contributed by atoms with van der Waals surface area (Å²) < 4.78 is 0.